The van der Waals surface area contributed by atoms with E-state index in [9.17, 15) is 18.0 Å². The second-order valence-corrected chi connectivity index (χ2v) is 8.67. The van der Waals surface area contributed by atoms with Crippen LogP contribution in [0.4, 0.5) is 0 Å². The van der Waals surface area contributed by atoms with Gasteiger partial charge < -0.3 is 10.1 Å². The minimum absolute atomic E-state index is 0.0977. The number of benzene rings is 1. The Morgan fingerprint density at radius 3 is 2.61 bits per heavy atom. The summed E-state index contributed by atoms with van der Waals surface area (Å²) < 4.78 is 31.9. The van der Waals surface area contributed by atoms with E-state index in [2.05, 4.69) is 5.32 Å². The van der Waals surface area contributed by atoms with Crippen molar-refractivity contribution < 1.29 is 22.7 Å². The van der Waals surface area contributed by atoms with Gasteiger partial charge in [-0.25, -0.2) is 8.42 Å². The predicted molar refractivity (Wildman–Crippen MR) is 107 cm³/mol. The van der Waals surface area contributed by atoms with Gasteiger partial charge in [0.15, 0.2) is 5.78 Å². The third-order valence-electron chi connectivity index (χ3n) is 4.39. The van der Waals surface area contributed by atoms with Gasteiger partial charge in [0.1, 0.15) is 12.0 Å². The molecule has 9 heteroatoms. The summed E-state index contributed by atoms with van der Waals surface area (Å²) >= 11 is 5.39. The second-order valence-electron chi connectivity index (χ2n) is 6.47. The van der Waals surface area contributed by atoms with Gasteiger partial charge in [-0.2, -0.15) is 4.31 Å². The van der Waals surface area contributed by atoms with Crippen LogP contribution in [0.25, 0.3) is 0 Å². The highest BCUT2D eigenvalue weighted by atomic mass is 35.5. The van der Waals surface area contributed by atoms with Crippen molar-refractivity contribution in [3.05, 3.63) is 41.5 Å². The van der Waals surface area contributed by atoms with Crippen molar-refractivity contribution in [1.82, 2.24) is 9.62 Å². The van der Waals surface area contributed by atoms with Crippen LogP contribution < -0.4 is 5.32 Å². The van der Waals surface area contributed by atoms with Gasteiger partial charge in [0.05, 0.1) is 11.3 Å². The van der Waals surface area contributed by atoms with Crippen LogP contribution in [0.3, 0.4) is 0 Å². The van der Waals surface area contributed by atoms with Crippen LogP contribution in [0.5, 0.6) is 0 Å². The minimum atomic E-state index is -3.56. The number of alkyl halides is 1. The Labute approximate surface area is 170 Å². The van der Waals surface area contributed by atoms with E-state index in [1.807, 2.05) is 6.92 Å². The smallest absolute Gasteiger partial charge is 0.321 e. The monoisotopic (exact) mass is 428 g/mol. The van der Waals surface area contributed by atoms with Gasteiger partial charge in [0.25, 0.3) is 0 Å². The highest BCUT2D eigenvalue weighted by Crippen LogP contribution is 2.18. The van der Waals surface area contributed by atoms with Gasteiger partial charge in [-0.15, -0.1) is 11.6 Å². The Kier molecular flexibility index (Phi) is 8.18. The number of esters is 1. The van der Waals surface area contributed by atoms with Crippen LogP contribution in [0.1, 0.15) is 18.9 Å². The number of nitrogens with one attached hydrogen (secondary N) is 1. The molecular formula is C19H25ClN2O5S. The summed E-state index contributed by atoms with van der Waals surface area (Å²) in [5, 5.41) is 3.08. The number of aryl methyl sites for hydroxylation is 1. The Hall–Kier alpha value is -1.74. The Bertz CT molecular complexity index is 836. The third-order valence-corrected chi connectivity index (χ3v) is 6.60. The fourth-order valence-corrected chi connectivity index (χ4v) is 4.37. The molecule has 1 aliphatic rings. The van der Waals surface area contributed by atoms with E-state index in [1.54, 1.807) is 37.3 Å². The molecule has 1 N–H and O–H groups in total. The number of carbonyl (C=O) groups excluding carboxylic acids is 2. The number of ether oxygens (including phenoxy) is 1. The van der Waals surface area contributed by atoms with E-state index >= 15 is 0 Å². The number of hydrogen-bond donors (Lipinski definition) is 1. The number of hydrogen-bond acceptors (Lipinski definition) is 6. The van der Waals surface area contributed by atoms with Gasteiger partial charge in [-0.1, -0.05) is 24.6 Å². The molecule has 0 bridgehead atoms. The normalized spacial score (nSPS) is 17.1. The van der Waals surface area contributed by atoms with Gasteiger partial charge in [0.2, 0.25) is 10.0 Å². The minimum Gasteiger partial charge on any atom is -0.457 e. The SMILES string of the molecule is CCN(CCNCC1=CC(OC(=O)CCl)CC1=O)S(=O)(=O)c1ccc(C)cc1. The molecule has 0 saturated heterocycles. The van der Waals surface area contributed by atoms with Crippen molar-refractivity contribution in [3.63, 3.8) is 0 Å². The standard InChI is InChI=1S/C19H25ClN2O5S/c1-3-22(28(25,26)17-6-4-14(2)5-7-17)9-8-21-13-15-10-16(11-18(15)23)27-19(24)12-20/h4-7,10,16,21H,3,8-9,11-13H2,1-2H3. The lowest BCUT2D eigenvalue weighted by atomic mass is 10.2. The first kappa shape index (κ1) is 22.5. The van der Waals surface area contributed by atoms with Crippen molar-refractivity contribution in [3.8, 4) is 0 Å². The summed E-state index contributed by atoms with van der Waals surface area (Å²) in [4.78, 5) is 23.4. The van der Waals surface area contributed by atoms with Crippen molar-refractivity contribution in [2.75, 3.05) is 32.1 Å². The molecule has 7 nitrogen and oxygen atoms in total. The van der Waals surface area contributed by atoms with Gasteiger partial charge in [-0.05, 0) is 25.1 Å². The number of likely N-dealkylation sites (N-methyl/N-ethyl adjacent to an activating group) is 1. The van der Waals surface area contributed by atoms with E-state index < -0.39 is 22.1 Å². The van der Waals surface area contributed by atoms with Crippen LogP contribution in [0.2, 0.25) is 0 Å². The molecule has 1 aromatic carbocycles. The molecule has 0 radical (unpaired) electrons. The number of ketones is 1. The molecule has 0 fully saturated rings. The summed E-state index contributed by atoms with van der Waals surface area (Å²) in [5.74, 6) is -0.918. The lowest BCUT2D eigenvalue weighted by molar-refractivity contribution is -0.144. The third kappa shape index (κ3) is 5.88. The summed E-state index contributed by atoms with van der Waals surface area (Å²) in [5.41, 5.74) is 1.52. The number of Topliss-reactive ketones (excluding diaryl/α,β-unsaturated/α-hetero) is 1. The van der Waals surface area contributed by atoms with Gasteiger partial charge in [-0.3, -0.25) is 9.59 Å². The van der Waals surface area contributed by atoms with E-state index in [0.29, 0.717) is 18.7 Å². The Balaban J connectivity index is 1.87. The molecular weight excluding hydrogens is 404 g/mol. The molecule has 154 valence electrons. The topological polar surface area (TPSA) is 92.8 Å². The molecule has 1 aliphatic carbocycles. The summed E-state index contributed by atoms with van der Waals surface area (Å²) in [6.07, 6.45) is 1.15. The number of rotatable bonds is 10. The van der Waals surface area contributed by atoms with Crippen molar-refractivity contribution in [2.24, 2.45) is 0 Å². The highest BCUT2D eigenvalue weighted by molar-refractivity contribution is 7.89. The molecule has 0 spiro atoms. The first-order valence-corrected chi connectivity index (χ1v) is 11.0. The number of sulfonamides is 1. The maximum absolute atomic E-state index is 12.7. The lowest BCUT2D eigenvalue weighted by Crippen LogP contribution is -2.37. The Morgan fingerprint density at radius 1 is 1.32 bits per heavy atom. The van der Waals surface area contributed by atoms with Crippen molar-refractivity contribution >= 4 is 33.4 Å². The average molecular weight is 429 g/mol. The molecule has 1 atom stereocenters. The summed E-state index contributed by atoms with van der Waals surface area (Å²) in [7, 11) is -3.56. The molecule has 0 aliphatic heterocycles. The van der Waals surface area contributed by atoms with E-state index in [-0.39, 0.29) is 36.1 Å². The molecule has 1 aromatic rings. The average Bonchev–Trinajstić information content (AvgIpc) is 3.00. The fraction of sp³-hybridized carbons (Fsp3) is 0.474. The van der Waals surface area contributed by atoms with Crippen LogP contribution in [0.15, 0.2) is 40.8 Å². The first-order chi connectivity index (χ1) is 13.3. The first-order valence-electron chi connectivity index (χ1n) is 9.04. The van der Waals surface area contributed by atoms with E-state index in [1.165, 1.54) is 4.31 Å². The van der Waals surface area contributed by atoms with E-state index in [0.717, 1.165) is 5.56 Å². The maximum Gasteiger partial charge on any atom is 0.321 e. The summed E-state index contributed by atoms with van der Waals surface area (Å²) in [6, 6.07) is 6.74. The quantitative estimate of drug-likeness (QED) is 0.346. The summed E-state index contributed by atoms with van der Waals surface area (Å²) in [6.45, 7) is 4.98. The number of carbonyl (C=O) groups is 2. The lowest BCUT2D eigenvalue weighted by Gasteiger charge is -2.21. The molecule has 0 aromatic heterocycles. The number of nitrogens with zero attached hydrogens (tertiary/aromatic N) is 1. The van der Waals surface area contributed by atoms with Crippen LogP contribution >= 0.6 is 11.6 Å². The molecule has 28 heavy (non-hydrogen) atoms. The fourth-order valence-electron chi connectivity index (χ4n) is 2.86. The zero-order chi connectivity index (χ0) is 20.7. The molecule has 0 saturated carbocycles. The predicted octanol–water partition coefficient (Wildman–Crippen LogP) is 1.65. The van der Waals surface area contributed by atoms with Crippen LogP contribution in [-0.2, 0) is 24.3 Å². The molecule has 0 heterocycles. The van der Waals surface area contributed by atoms with Crippen molar-refractivity contribution in [1.29, 1.82) is 0 Å². The van der Waals surface area contributed by atoms with Crippen molar-refractivity contribution in [2.45, 2.75) is 31.3 Å². The second kappa shape index (κ2) is 10.2. The Morgan fingerprint density at radius 2 is 2.00 bits per heavy atom. The number of halogens is 1. The van der Waals surface area contributed by atoms with Crippen LogP contribution in [-0.4, -0.2) is 62.6 Å². The largest absolute Gasteiger partial charge is 0.457 e. The molecule has 1 unspecified atom stereocenters. The zero-order valence-electron chi connectivity index (χ0n) is 16.0. The van der Waals surface area contributed by atoms with Gasteiger partial charge >= 0.3 is 5.97 Å². The molecule has 0 amide bonds. The highest BCUT2D eigenvalue weighted by Gasteiger charge is 2.26. The van der Waals surface area contributed by atoms with E-state index in [4.69, 9.17) is 16.3 Å². The molecule has 2 rings (SSSR count). The maximum atomic E-state index is 12.7. The zero-order valence-corrected chi connectivity index (χ0v) is 17.6. The van der Waals surface area contributed by atoms with Gasteiger partial charge in [0, 0.05) is 31.8 Å². The van der Waals surface area contributed by atoms with Crippen LogP contribution in [0, 0.1) is 6.92 Å².